The Morgan fingerprint density at radius 2 is 1.24 bits per heavy atom. The summed E-state index contributed by atoms with van der Waals surface area (Å²) in [5.41, 5.74) is -6.16. The Bertz CT molecular complexity index is 3870. The van der Waals surface area contributed by atoms with Crippen molar-refractivity contribution in [3.63, 3.8) is 0 Å². The van der Waals surface area contributed by atoms with Crippen molar-refractivity contribution in [2.45, 2.75) is 41.2 Å². The summed E-state index contributed by atoms with van der Waals surface area (Å²) in [7, 11) is -5.95. The van der Waals surface area contributed by atoms with Crippen LogP contribution in [0.1, 0.15) is 35.2 Å². The molecule has 0 radical (unpaired) electrons. The van der Waals surface area contributed by atoms with Gasteiger partial charge in [0.15, 0.2) is 25.4 Å². The normalized spacial score (nSPS) is 16.4. The average Bonchev–Trinajstić information content (AvgIpc) is 3.90. The highest BCUT2D eigenvalue weighted by molar-refractivity contribution is 7.91. The van der Waals surface area contributed by atoms with Crippen molar-refractivity contribution in [1.82, 2.24) is 18.8 Å². The van der Waals surface area contributed by atoms with Crippen LogP contribution in [0.25, 0.3) is 39.3 Å². The highest BCUT2D eigenvalue weighted by Crippen LogP contribution is 2.43. The number of aromatic nitrogens is 4. The molecule has 0 bridgehead atoms. The standard InChI is InChI=1S/C50H35F9N4O7S2/c1-68-41-24-30(16-21-38(41)42-43(62-22-6-11-39(46(62)60-42)48(51,52)53)28-12-17-32(18-13-28)69-34-7-4-9-36(25-34)71(2,64)65)31-23-40(49(54,55)56)47-61-45(50(57,58)59)44(63(47)27-31)29-14-19-33(20-15-29)70-35-8-5-10-37(26-35)72(3,66)67/h4-12,14-20,22-27H,13,21H2,1-3H3. The summed E-state index contributed by atoms with van der Waals surface area (Å²) >= 11 is 0. The number of halogens is 9. The van der Waals surface area contributed by atoms with Crippen molar-refractivity contribution in [3.8, 4) is 28.5 Å². The quantitative estimate of drug-likeness (QED) is 0.130. The third kappa shape index (κ3) is 9.74. The van der Waals surface area contributed by atoms with Gasteiger partial charge in [-0.1, -0.05) is 24.3 Å². The molecule has 0 atom stereocenters. The van der Waals surface area contributed by atoms with Crippen LogP contribution in [-0.4, -0.2) is 55.2 Å². The number of pyridine rings is 2. The Balaban J connectivity index is 1.16. The second kappa shape index (κ2) is 17.9. The first-order chi connectivity index (χ1) is 33.8. The van der Waals surface area contributed by atoms with Crippen molar-refractivity contribution in [1.29, 1.82) is 0 Å². The summed E-state index contributed by atoms with van der Waals surface area (Å²) < 4.78 is 200. The third-order valence-electron chi connectivity index (χ3n) is 11.5. The van der Waals surface area contributed by atoms with Crippen LogP contribution >= 0.6 is 0 Å². The zero-order valence-electron chi connectivity index (χ0n) is 37.5. The van der Waals surface area contributed by atoms with Crippen LogP contribution in [0.5, 0.6) is 17.2 Å². The first-order valence-electron chi connectivity index (χ1n) is 21.2. The van der Waals surface area contributed by atoms with Gasteiger partial charge in [-0.2, -0.15) is 39.5 Å². The van der Waals surface area contributed by atoms with Crippen LogP contribution in [0.4, 0.5) is 39.5 Å². The van der Waals surface area contributed by atoms with Crippen LogP contribution in [0.2, 0.25) is 0 Å². The lowest BCUT2D eigenvalue weighted by molar-refractivity contribution is -0.141. The van der Waals surface area contributed by atoms with Crippen LogP contribution < -0.4 is 20.2 Å². The molecular weight excluding hydrogens is 1000 g/mol. The lowest BCUT2D eigenvalue weighted by Crippen LogP contribution is -2.33. The van der Waals surface area contributed by atoms with Gasteiger partial charge in [0.25, 0.3) is 0 Å². The number of rotatable bonds is 9. The van der Waals surface area contributed by atoms with Crippen molar-refractivity contribution < 1.29 is 70.6 Å². The molecule has 0 amide bonds. The zero-order chi connectivity index (χ0) is 51.7. The second-order valence-electron chi connectivity index (χ2n) is 16.5. The molecular formula is C50H35F9N4O7S2. The van der Waals surface area contributed by atoms with E-state index in [1.165, 1.54) is 109 Å². The monoisotopic (exact) mass is 1040 g/mol. The highest BCUT2D eigenvalue weighted by atomic mass is 32.2. The molecule has 2 aliphatic rings. The van der Waals surface area contributed by atoms with Crippen molar-refractivity contribution in [3.05, 3.63) is 178 Å². The van der Waals surface area contributed by atoms with Gasteiger partial charge >= 0.3 is 18.5 Å². The maximum absolute atomic E-state index is 14.9. The number of methoxy groups -OCH3 is 1. The molecule has 4 heterocycles. The van der Waals surface area contributed by atoms with E-state index in [4.69, 9.17) is 14.2 Å². The van der Waals surface area contributed by atoms with E-state index in [0.717, 1.165) is 24.8 Å². The smallest absolute Gasteiger partial charge is 0.435 e. The van der Waals surface area contributed by atoms with Crippen LogP contribution in [0.3, 0.4) is 0 Å². The molecule has 0 spiro atoms. The van der Waals surface area contributed by atoms with Crippen LogP contribution in [-0.2, 0) is 42.9 Å². The number of hydrogen-bond donors (Lipinski definition) is 0. The van der Waals surface area contributed by atoms with Crippen LogP contribution in [0, 0.1) is 0 Å². The molecule has 7 aromatic rings. The molecule has 372 valence electrons. The molecule has 0 aliphatic heterocycles. The van der Waals surface area contributed by atoms with Gasteiger partial charge in [-0.3, -0.25) is 8.80 Å². The summed E-state index contributed by atoms with van der Waals surface area (Å²) in [6.07, 6.45) is -3.45. The Morgan fingerprint density at radius 3 is 1.81 bits per heavy atom. The van der Waals surface area contributed by atoms with E-state index in [-0.39, 0.29) is 78.6 Å². The highest BCUT2D eigenvalue weighted by Gasteiger charge is 2.42. The van der Waals surface area contributed by atoms with E-state index in [0.29, 0.717) is 21.8 Å². The Kier molecular flexibility index (Phi) is 12.3. The molecule has 0 saturated carbocycles. The number of nitrogens with zero attached hydrogens (tertiary/aromatic N) is 4. The molecule has 0 unspecified atom stereocenters. The molecule has 2 aliphatic carbocycles. The number of ether oxygens (including phenoxy) is 3. The first-order valence-corrected chi connectivity index (χ1v) is 25.0. The van der Waals surface area contributed by atoms with Gasteiger partial charge < -0.3 is 14.2 Å². The van der Waals surface area contributed by atoms with Crippen molar-refractivity contribution in [2.75, 3.05) is 19.6 Å². The van der Waals surface area contributed by atoms with Gasteiger partial charge in [0, 0.05) is 36.0 Å². The third-order valence-corrected chi connectivity index (χ3v) is 13.8. The number of hydrogen-bond acceptors (Lipinski definition) is 9. The summed E-state index contributed by atoms with van der Waals surface area (Å²) in [6.45, 7) is 0. The minimum atomic E-state index is -5.25. The average molecular weight is 1040 g/mol. The van der Waals surface area contributed by atoms with Gasteiger partial charge in [0.05, 0.1) is 44.4 Å². The topological polar surface area (TPSA) is 131 Å². The number of sulfone groups is 2. The molecule has 9 rings (SSSR count). The van der Waals surface area contributed by atoms with Gasteiger partial charge in [-0.25, -0.2) is 26.8 Å². The molecule has 72 heavy (non-hydrogen) atoms. The summed E-state index contributed by atoms with van der Waals surface area (Å²) in [5, 5.41) is 0.237. The van der Waals surface area contributed by atoms with Gasteiger partial charge in [0.1, 0.15) is 40.1 Å². The summed E-state index contributed by atoms with van der Waals surface area (Å²) in [5.74, 6) is 0.631. The molecule has 3 aromatic carbocycles. The Morgan fingerprint density at radius 1 is 0.611 bits per heavy atom. The van der Waals surface area contributed by atoms with E-state index in [1.807, 2.05) is 0 Å². The number of imidazole rings is 2. The Hall–Kier alpha value is -7.59. The molecule has 4 aromatic heterocycles. The Labute approximate surface area is 403 Å². The van der Waals surface area contributed by atoms with Crippen molar-refractivity contribution >= 4 is 47.7 Å². The van der Waals surface area contributed by atoms with Gasteiger partial charge in [0.2, 0.25) is 0 Å². The van der Waals surface area contributed by atoms with E-state index in [2.05, 4.69) is 9.97 Å². The largest absolute Gasteiger partial charge is 0.496 e. The van der Waals surface area contributed by atoms with E-state index >= 15 is 0 Å². The molecule has 11 nitrogen and oxygen atoms in total. The molecule has 22 heteroatoms. The van der Waals surface area contributed by atoms with E-state index < -0.39 is 72.0 Å². The zero-order valence-corrected chi connectivity index (χ0v) is 39.1. The van der Waals surface area contributed by atoms with Crippen LogP contribution in [0.15, 0.2) is 155 Å². The van der Waals surface area contributed by atoms with Gasteiger partial charge in [-0.15, -0.1) is 0 Å². The minimum Gasteiger partial charge on any atom is -0.496 e. The number of benzene rings is 3. The van der Waals surface area contributed by atoms with E-state index in [1.54, 1.807) is 18.2 Å². The van der Waals surface area contributed by atoms with E-state index in [9.17, 15) is 56.3 Å². The fourth-order valence-corrected chi connectivity index (χ4v) is 9.57. The summed E-state index contributed by atoms with van der Waals surface area (Å²) in [4.78, 5) is 7.93. The minimum absolute atomic E-state index is 0.0172. The first kappa shape index (κ1) is 49.4. The summed E-state index contributed by atoms with van der Waals surface area (Å²) in [6, 6.07) is 18.8. The molecule has 0 fully saturated rings. The SMILES string of the molecule is COC1=CC(c2cc(C(F)(F)F)c3nc(C(F)(F)F)c(-c4ccc(Oc5cccc(S(C)(=O)=O)c5)cc4)n3c2)=CCC1=c1nc2c(C(F)(F)F)cccn2c1=C1C=CC(Oc2cccc(S(C)(=O)=O)c2)=CC1. The number of allylic oxidation sites excluding steroid dienone is 7. The number of fused-ring (bicyclic) bond motifs is 2. The predicted molar refractivity (Wildman–Crippen MR) is 246 cm³/mol. The maximum atomic E-state index is 14.9. The predicted octanol–water partition coefficient (Wildman–Crippen LogP) is 10.5. The fourth-order valence-electron chi connectivity index (χ4n) is 8.26. The second-order valence-corrected chi connectivity index (χ2v) is 20.5. The number of alkyl halides is 9. The van der Waals surface area contributed by atoms with Gasteiger partial charge in [-0.05, 0) is 127 Å². The lowest BCUT2D eigenvalue weighted by Gasteiger charge is -2.18. The lowest BCUT2D eigenvalue weighted by atomic mass is 9.94. The maximum Gasteiger partial charge on any atom is 0.435 e. The van der Waals surface area contributed by atoms with Crippen molar-refractivity contribution in [2.24, 2.45) is 0 Å². The fraction of sp³-hybridized carbons (Fsp3) is 0.160. The molecule has 0 N–H and O–H groups in total. The molecule has 0 saturated heterocycles.